The molecule has 0 bridgehead atoms. The number of aromatic nitrogens is 1. The minimum atomic E-state index is -1.24. The highest BCUT2D eigenvalue weighted by Gasteiger charge is 2.31. The lowest BCUT2D eigenvalue weighted by Gasteiger charge is -2.25. The van der Waals surface area contributed by atoms with Crippen molar-refractivity contribution in [1.82, 2.24) is 9.88 Å². The number of rotatable bonds is 5. The number of nitrogens with one attached hydrogen (secondary N) is 1. The van der Waals surface area contributed by atoms with Crippen LogP contribution in [-0.4, -0.2) is 28.5 Å². The fraction of sp³-hybridized carbons (Fsp3) is 0.455. The fourth-order valence-electron chi connectivity index (χ4n) is 1.53. The van der Waals surface area contributed by atoms with Crippen LogP contribution in [0.15, 0.2) is 23.1 Å². The Morgan fingerprint density at radius 2 is 2.16 bits per heavy atom. The molecular formula is C11H16N4O4. The third-order valence-electron chi connectivity index (χ3n) is 2.69. The van der Waals surface area contributed by atoms with Gasteiger partial charge in [-0.2, -0.15) is 0 Å². The van der Waals surface area contributed by atoms with E-state index in [0.29, 0.717) is 0 Å². The maximum absolute atomic E-state index is 12.0. The first-order chi connectivity index (χ1) is 8.80. The number of nitrogens with zero attached hydrogens (tertiary/aromatic N) is 2. The van der Waals surface area contributed by atoms with Crippen LogP contribution < -0.4 is 16.6 Å². The fourth-order valence-corrected chi connectivity index (χ4v) is 1.53. The van der Waals surface area contributed by atoms with Crippen molar-refractivity contribution in [2.24, 2.45) is 5.73 Å². The molecule has 1 amide bonds. The molecule has 0 radical (unpaired) electrons. The Kier molecular flexibility index (Phi) is 4.38. The van der Waals surface area contributed by atoms with Crippen molar-refractivity contribution in [2.45, 2.75) is 19.4 Å². The second-order valence-corrected chi connectivity index (χ2v) is 4.46. The van der Waals surface area contributed by atoms with Crippen molar-refractivity contribution in [1.29, 1.82) is 0 Å². The summed E-state index contributed by atoms with van der Waals surface area (Å²) in [4.78, 5) is 33.8. The molecule has 0 saturated heterocycles. The Bertz CT molecular complexity index is 550. The highest BCUT2D eigenvalue weighted by atomic mass is 16.6. The van der Waals surface area contributed by atoms with Crippen LogP contribution in [0.5, 0.6) is 0 Å². The molecule has 1 rings (SSSR count). The summed E-state index contributed by atoms with van der Waals surface area (Å²) in [5.74, 6) is -0.430. The number of pyridine rings is 1. The molecule has 0 aromatic carbocycles. The molecule has 1 heterocycles. The maximum atomic E-state index is 12.0. The Labute approximate surface area is 109 Å². The molecule has 104 valence electrons. The molecule has 0 spiro atoms. The summed E-state index contributed by atoms with van der Waals surface area (Å²) in [5, 5.41) is 13.3. The van der Waals surface area contributed by atoms with Gasteiger partial charge in [-0.3, -0.25) is 24.3 Å². The van der Waals surface area contributed by atoms with E-state index < -0.39 is 21.9 Å². The Morgan fingerprint density at radius 1 is 1.53 bits per heavy atom. The van der Waals surface area contributed by atoms with E-state index in [1.54, 1.807) is 0 Å². The normalized spacial score (nSPS) is 11.1. The predicted molar refractivity (Wildman–Crippen MR) is 68.7 cm³/mol. The van der Waals surface area contributed by atoms with Gasteiger partial charge in [-0.15, -0.1) is 0 Å². The summed E-state index contributed by atoms with van der Waals surface area (Å²) in [7, 11) is 0. The van der Waals surface area contributed by atoms with Crippen LogP contribution in [0.4, 0.5) is 5.69 Å². The second kappa shape index (κ2) is 5.61. The standard InChI is InChI=1S/C11H16N4O4/c1-11(2,10(17)13-6-5-12)14-7-8(15(18)19)3-4-9(14)16/h3-4,7H,5-6,12H2,1-2H3,(H,13,17). The largest absolute Gasteiger partial charge is 0.353 e. The first-order valence-electron chi connectivity index (χ1n) is 5.66. The van der Waals surface area contributed by atoms with Gasteiger partial charge in [0.1, 0.15) is 5.54 Å². The van der Waals surface area contributed by atoms with Crippen LogP contribution in [0.3, 0.4) is 0 Å². The van der Waals surface area contributed by atoms with Gasteiger partial charge in [-0.1, -0.05) is 0 Å². The van der Waals surface area contributed by atoms with Gasteiger partial charge < -0.3 is 11.1 Å². The summed E-state index contributed by atoms with van der Waals surface area (Å²) >= 11 is 0. The molecule has 19 heavy (non-hydrogen) atoms. The average molecular weight is 268 g/mol. The first kappa shape index (κ1) is 14.8. The summed E-state index contributed by atoms with van der Waals surface area (Å²) in [5.41, 5.74) is 3.30. The Hall–Kier alpha value is -2.22. The monoisotopic (exact) mass is 268 g/mol. The smallest absolute Gasteiger partial charge is 0.285 e. The van der Waals surface area contributed by atoms with Crippen LogP contribution in [0.25, 0.3) is 0 Å². The minimum Gasteiger partial charge on any atom is -0.353 e. The van der Waals surface area contributed by atoms with E-state index in [4.69, 9.17) is 5.73 Å². The zero-order chi connectivity index (χ0) is 14.6. The number of amides is 1. The number of hydrogen-bond acceptors (Lipinski definition) is 5. The van der Waals surface area contributed by atoms with Crippen molar-refractivity contribution in [2.75, 3.05) is 13.1 Å². The molecule has 1 aromatic heterocycles. The Balaban J connectivity index is 3.19. The molecule has 0 aliphatic rings. The van der Waals surface area contributed by atoms with Crippen LogP contribution >= 0.6 is 0 Å². The number of carbonyl (C=O) groups is 1. The SMILES string of the molecule is CC(C)(C(=O)NCCN)n1cc([N+](=O)[O-])ccc1=O. The molecule has 0 saturated carbocycles. The lowest BCUT2D eigenvalue weighted by molar-refractivity contribution is -0.385. The molecule has 3 N–H and O–H groups in total. The van der Waals surface area contributed by atoms with Gasteiger partial charge in [0.15, 0.2) is 0 Å². The van der Waals surface area contributed by atoms with E-state index in [-0.39, 0.29) is 18.8 Å². The van der Waals surface area contributed by atoms with Gasteiger partial charge in [0.25, 0.3) is 11.2 Å². The summed E-state index contributed by atoms with van der Waals surface area (Å²) in [6, 6.07) is 2.17. The summed E-state index contributed by atoms with van der Waals surface area (Å²) < 4.78 is 1.04. The van der Waals surface area contributed by atoms with Gasteiger partial charge in [0, 0.05) is 25.2 Å². The Morgan fingerprint density at radius 3 is 2.68 bits per heavy atom. The average Bonchev–Trinajstić information content (AvgIpc) is 2.35. The van der Waals surface area contributed by atoms with E-state index in [9.17, 15) is 19.7 Å². The van der Waals surface area contributed by atoms with Crippen molar-refractivity contribution < 1.29 is 9.72 Å². The van der Waals surface area contributed by atoms with Crippen LogP contribution in [0.2, 0.25) is 0 Å². The molecule has 1 aromatic rings. The number of nitro groups is 1. The highest BCUT2D eigenvalue weighted by molar-refractivity contribution is 5.83. The van der Waals surface area contributed by atoms with E-state index in [2.05, 4.69) is 5.32 Å². The maximum Gasteiger partial charge on any atom is 0.285 e. The summed E-state index contributed by atoms with van der Waals surface area (Å²) in [6.07, 6.45) is 1.06. The molecule has 0 unspecified atom stereocenters. The molecule has 0 fully saturated rings. The third kappa shape index (κ3) is 3.16. The topological polar surface area (TPSA) is 120 Å². The van der Waals surface area contributed by atoms with Gasteiger partial charge in [0.05, 0.1) is 11.1 Å². The highest BCUT2D eigenvalue weighted by Crippen LogP contribution is 2.16. The van der Waals surface area contributed by atoms with Crippen LogP contribution in [-0.2, 0) is 10.3 Å². The van der Waals surface area contributed by atoms with Gasteiger partial charge >= 0.3 is 0 Å². The zero-order valence-corrected chi connectivity index (χ0v) is 10.8. The van der Waals surface area contributed by atoms with E-state index in [0.717, 1.165) is 22.9 Å². The van der Waals surface area contributed by atoms with Crippen molar-refractivity contribution >= 4 is 11.6 Å². The van der Waals surface area contributed by atoms with Crippen molar-refractivity contribution in [3.8, 4) is 0 Å². The van der Waals surface area contributed by atoms with E-state index >= 15 is 0 Å². The van der Waals surface area contributed by atoms with Crippen LogP contribution in [0.1, 0.15) is 13.8 Å². The quantitative estimate of drug-likeness (QED) is 0.554. The van der Waals surface area contributed by atoms with Gasteiger partial charge in [-0.25, -0.2) is 0 Å². The number of carbonyl (C=O) groups excluding carboxylic acids is 1. The molecule has 0 aliphatic heterocycles. The molecular weight excluding hydrogens is 252 g/mol. The molecule has 8 nitrogen and oxygen atoms in total. The van der Waals surface area contributed by atoms with Crippen molar-refractivity contribution in [3.05, 3.63) is 38.8 Å². The zero-order valence-electron chi connectivity index (χ0n) is 10.8. The van der Waals surface area contributed by atoms with Gasteiger partial charge in [0.2, 0.25) is 5.91 Å². The second-order valence-electron chi connectivity index (χ2n) is 4.46. The third-order valence-corrected chi connectivity index (χ3v) is 2.69. The number of hydrogen-bond donors (Lipinski definition) is 2. The lowest BCUT2D eigenvalue weighted by Crippen LogP contribution is -2.49. The first-order valence-corrected chi connectivity index (χ1v) is 5.66. The predicted octanol–water partition coefficient (Wildman–Crippen LogP) is -0.433. The molecule has 0 aliphatic carbocycles. The lowest BCUT2D eigenvalue weighted by atomic mass is 10.0. The summed E-state index contributed by atoms with van der Waals surface area (Å²) in [6.45, 7) is 3.55. The van der Waals surface area contributed by atoms with Crippen molar-refractivity contribution in [3.63, 3.8) is 0 Å². The molecule has 8 heteroatoms. The van der Waals surface area contributed by atoms with Crippen LogP contribution in [0, 0.1) is 10.1 Å². The number of nitrogens with two attached hydrogens (primary N) is 1. The van der Waals surface area contributed by atoms with Gasteiger partial charge in [-0.05, 0) is 13.8 Å². The minimum absolute atomic E-state index is 0.251. The van der Waals surface area contributed by atoms with E-state index in [1.807, 2.05) is 0 Å². The van der Waals surface area contributed by atoms with E-state index in [1.165, 1.54) is 13.8 Å². The molecule has 0 atom stereocenters.